The van der Waals surface area contributed by atoms with Gasteiger partial charge in [-0.15, -0.1) is 0 Å². The summed E-state index contributed by atoms with van der Waals surface area (Å²) in [6.45, 7) is 0. The van der Waals surface area contributed by atoms with E-state index in [-0.39, 0.29) is 34.1 Å². The first-order chi connectivity index (χ1) is 21.7. The number of guanidine groups is 2. The van der Waals surface area contributed by atoms with Crippen molar-refractivity contribution in [2.45, 2.75) is 0 Å². The molecule has 0 fully saturated rings. The number of phenols is 2. The van der Waals surface area contributed by atoms with Crippen LogP contribution < -0.4 is 21.3 Å². The van der Waals surface area contributed by atoms with Gasteiger partial charge >= 0.3 is 0 Å². The fourth-order valence-corrected chi connectivity index (χ4v) is 4.02. The molecule has 6 N–H and O–H groups in total. The van der Waals surface area contributed by atoms with Crippen LogP contribution in [0.1, 0.15) is 11.1 Å². The molecular weight excluding hydrogens is 683 g/mol. The molecule has 45 heavy (non-hydrogen) atoms. The standard InChI is InChI=1S/C15H10BrN5O.C15H9Cl2N5O/c16-11-3-1-2-4-12(11)20-15(19-9-18)21-13-6-5-10(8-17)7-14(13)22;16-10-2-1-3-12(14(10)17)22-15(20-8-19)21-11-5-4-9(7-18)6-13(11)23/h1-7,22H,(H2,19,20,21);1-6,23H,(H2,20,21,22). The van der Waals surface area contributed by atoms with Gasteiger partial charge in [-0.25, -0.2) is 9.98 Å². The van der Waals surface area contributed by atoms with Crippen LogP contribution >= 0.6 is 39.1 Å². The largest absolute Gasteiger partial charge is 0.506 e. The Hall–Kier alpha value is -5.96. The van der Waals surface area contributed by atoms with Crippen molar-refractivity contribution in [1.29, 1.82) is 21.0 Å². The number of anilines is 2. The molecule has 4 aromatic carbocycles. The highest BCUT2D eigenvalue weighted by atomic mass is 79.9. The van der Waals surface area contributed by atoms with Crippen molar-refractivity contribution >= 4 is 73.8 Å². The number of benzene rings is 4. The van der Waals surface area contributed by atoms with Gasteiger partial charge in [0.25, 0.3) is 0 Å². The van der Waals surface area contributed by atoms with Crippen molar-refractivity contribution in [3.8, 4) is 36.0 Å². The normalized spacial score (nSPS) is 10.5. The Morgan fingerprint density at radius 2 is 1.16 bits per heavy atom. The van der Waals surface area contributed by atoms with Crippen LogP contribution in [-0.2, 0) is 0 Å². The number of halogens is 3. The molecule has 15 heteroatoms. The predicted octanol–water partition coefficient (Wildman–Crippen LogP) is 6.94. The molecular formula is C30H19BrCl2N10O2. The summed E-state index contributed by atoms with van der Waals surface area (Å²) < 4.78 is 0.762. The van der Waals surface area contributed by atoms with E-state index in [1.54, 1.807) is 42.7 Å². The predicted molar refractivity (Wildman–Crippen MR) is 175 cm³/mol. The molecule has 0 saturated heterocycles. The first-order valence-electron chi connectivity index (χ1n) is 12.4. The van der Waals surface area contributed by atoms with Crippen molar-refractivity contribution in [3.63, 3.8) is 0 Å². The topological polar surface area (TPSA) is 208 Å². The minimum Gasteiger partial charge on any atom is -0.506 e. The lowest BCUT2D eigenvalue weighted by atomic mass is 10.2. The third-order valence-electron chi connectivity index (χ3n) is 5.36. The number of nitrogens with zero attached hydrogens (tertiary/aromatic N) is 6. The van der Waals surface area contributed by atoms with Crippen LogP contribution in [0.15, 0.2) is 93.3 Å². The Labute approximate surface area is 275 Å². The van der Waals surface area contributed by atoms with E-state index in [0.717, 1.165) is 4.47 Å². The molecule has 0 aromatic heterocycles. The molecule has 12 nitrogen and oxygen atoms in total. The Morgan fingerprint density at radius 3 is 1.62 bits per heavy atom. The number of aliphatic imine (C=N–C) groups is 2. The molecule has 0 amide bonds. The lowest BCUT2D eigenvalue weighted by Gasteiger charge is -2.10. The highest BCUT2D eigenvalue weighted by Gasteiger charge is 2.10. The molecule has 0 aliphatic carbocycles. The highest BCUT2D eigenvalue weighted by Crippen LogP contribution is 2.32. The van der Waals surface area contributed by atoms with Gasteiger partial charge in [0.1, 0.15) is 11.5 Å². The molecule has 0 saturated carbocycles. The summed E-state index contributed by atoms with van der Waals surface area (Å²) in [5, 5.41) is 65.8. The van der Waals surface area contributed by atoms with Crippen LogP contribution in [0.4, 0.5) is 22.7 Å². The lowest BCUT2D eigenvalue weighted by Crippen LogP contribution is -2.26. The molecule has 4 aromatic rings. The zero-order valence-electron chi connectivity index (χ0n) is 22.7. The van der Waals surface area contributed by atoms with E-state index in [0.29, 0.717) is 33.2 Å². The number of hydrogen-bond acceptors (Lipinski definition) is 8. The number of nitriles is 4. The summed E-state index contributed by atoms with van der Waals surface area (Å²) >= 11 is 15.3. The van der Waals surface area contributed by atoms with Crippen LogP contribution in [0, 0.1) is 45.6 Å². The number of para-hydroxylation sites is 1. The van der Waals surface area contributed by atoms with Gasteiger partial charge in [0.15, 0.2) is 12.4 Å². The van der Waals surface area contributed by atoms with E-state index >= 15 is 0 Å². The summed E-state index contributed by atoms with van der Waals surface area (Å²) in [6.07, 6.45) is 3.51. The van der Waals surface area contributed by atoms with Gasteiger partial charge in [-0.2, -0.15) is 21.0 Å². The van der Waals surface area contributed by atoms with E-state index in [2.05, 4.69) is 47.2 Å². The van der Waals surface area contributed by atoms with Crippen LogP contribution in [0.3, 0.4) is 0 Å². The van der Waals surface area contributed by atoms with Crippen molar-refractivity contribution < 1.29 is 10.2 Å². The quantitative estimate of drug-likeness (QED) is 0.0424. The van der Waals surface area contributed by atoms with Crippen molar-refractivity contribution in [2.75, 3.05) is 10.6 Å². The lowest BCUT2D eigenvalue weighted by molar-refractivity contribution is 0.477. The van der Waals surface area contributed by atoms with Crippen LogP contribution in [0.25, 0.3) is 0 Å². The summed E-state index contributed by atoms with van der Waals surface area (Å²) in [5.41, 5.74) is 2.19. The maximum atomic E-state index is 9.88. The van der Waals surface area contributed by atoms with Gasteiger partial charge in [0.05, 0.1) is 56.1 Å². The van der Waals surface area contributed by atoms with Gasteiger partial charge < -0.3 is 20.8 Å². The van der Waals surface area contributed by atoms with Gasteiger partial charge in [-0.1, -0.05) is 41.4 Å². The van der Waals surface area contributed by atoms with E-state index in [9.17, 15) is 10.2 Å². The monoisotopic (exact) mass is 700 g/mol. The van der Waals surface area contributed by atoms with Gasteiger partial charge in [0.2, 0.25) is 11.9 Å². The first-order valence-corrected chi connectivity index (χ1v) is 13.9. The van der Waals surface area contributed by atoms with Crippen molar-refractivity contribution in [3.05, 3.63) is 105 Å². The summed E-state index contributed by atoms with van der Waals surface area (Å²) in [6, 6.07) is 24.7. The van der Waals surface area contributed by atoms with Gasteiger partial charge in [-0.05, 0) is 76.6 Å². The molecule has 0 atom stereocenters. The molecule has 0 unspecified atom stereocenters. The number of phenolic OH excluding ortho intramolecular Hbond substituents is 2. The zero-order chi connectivity index (χ0) is 32.8. The Bertz CT molecular complexity index is 1940. The minimum atomic E-state index is -0.159. The fourth-order valence-electron chi connectivity index (χ4n) is 3.31. The first kappa shape index (κ1) is 33.5. The zero-order valence-corrected chi connectivity index (χ0v) is 25.8. The molecule has 0 aliphatic heterocycles. The van der Waals surface area contributed by atoms with E-state index in [4.69, 9.17) is 44.2 Å². The molecule has 0 radical (unpaired) electrons. The summed E-state index contributed by atoms with van der Waals surface area (Å²) in [5.74, 6) is -0.0848. The SMILES string of the molecule is N#CNC(=Nc1cccc(Cl)c1Cl)Nc1ccc(C#N)cc1O.N#CNC(=Nc1ccccc1Br)Nc1ccc(C#N)cc1O. The highest BCUT2D eigenvalue weighted by molar-refractivity contribution is 9.10. The summed E-state index contributed by atoms with van der Waals surface area (Å²) in [7, 11) is 0. The van der Waals surface area contributed by atoms with E-state index in [1.807, 2.05) is 30.3 Å². The number of hydrogen-bond donors (Lipinski definition) is 6. The van der Waals surface area contributed by atoms with E-state index in [1.165, 1.54) is 30.3 Å². The second kappa shape index (κ2) is 16.6. The number of nitrogens with one attached hydrogen (secondary N) is 4. The Balaban J connectivity index is 0.000000246. The van der Waals surface area contributed by atoms with Crippen molar-refractivity contribution in [2.24, 2.45) is 9.98 Å². The van der Waals surface area contributed by atoms with Gasteiger partial charge in [-0.3, -0.25) is 10.6 Å². The molecule has 0 heterocycles. The summed E-state index contributed by atoms with van der Waals surface area (Å²) in [4.78, 5) is 8.44. The second-order valence-electron chi connectivity index (χ2n) is 8.36. The van der Waals surface area contributed by atoms with E-state index < -0.39 is 0 Å². The number of rotatable bonds is 4. The van der Waals surface area contributed by atoms with Crippen LogP contribution in [0.5, 0.6) is 11.5 Å². The smallest absolute Gasteiger partial charge is 0.214 e. The average molecular weight is 702 g/mol. The molecule has 0 bridgehead atoms. The molecule has 0 aliphatic rings. The maximum absolute atomic E-state index is 9.88. The van der Waals surface area contributed by atoms with Gasteiger partial charge in [0, 0.05) is 4.47 Å². The molecule has 222 valence electrons. The van der Waals surface area contributed by atoms with Crippen molar-refractivity contribution in [1.82, 2.24) is 10.6 Å². The van der Waals surface area contributed by atoms with Crippen LogP contribution in [-0.4, -0.2) is 22.1 Å². The van der Waals surface area contributed by atoms with Crippen LogP contribution in [0.2, 0.25) is 10.0 Å². The second-order valence-corrected chi connectivity index (χ2v) is 10.00. The Kier molecular flexibility index (Phi) is 12.4. The minimum absolute atomic E-state index is 0.0386. The Morgan fingerprint density at radius 1 is 0.667 bits per heavy atom. The third-order valence-corrected chi connectivity index (χ3v) is 6.84. The number of aromatic hydroxyl groups is 2. The maximum Gasteiger partial charge on any atom is 0.214 e. The third kappa shape index (κ3) is 9.79. The molecule has 4 rings (SSSR count). The fraction of sp³-hybridized carbons (Fsp3) is 0. The molecule has 0 spiro atoms. The average Bonchev–Trinajstić information content (AvgIpc) is 3.03.